The van der Waals surface area contributed by atoms with E-state index in [0.29, 0.717) is 17.6 Å². The number of nitrogens with one attached hydrogen (secondary N) is 3. The molecule has 1 aliphatic rings. The number of amides is 1. The molecule has 0 aromatic carbocycles. The predicted octanol–water partition coefficient (Wildman–Crippen LogP) is 2.14. The largest absolute Gasteiger partial charge is 0.434 e. The Labute approximate surface area is 148 Å². The normalized spacial score (nSPS) is 17.1. The number of hydrogen-bond acceptors (Lipinski definition) is 5. The molecule has 4 rings (SSSR count). The minimum atomic E-state index is -0.608. The maximum atomic E-state index is 11.6. The lowest BCUT2D eigenvalue weighted by atomic mass is 9.88. The third kappa shape index (κ3) is 2.85. The number of H-pyrrole nitrogens is 2. The van der Waals surface area contributed by atoms with E-state index in [-0.39, 0.29) is 17.8 Å². The van der Waals surface area contributed by atoms with Crippen LogP contribution in [0.25, 0.3) is 28.1 Å². The number of nitrogens with zero attached hydrogens (tertiary/aromatic N) is 2. The number of carbonyl (C=O) groups is 1. The summed E-state index contributed by atoms with van der Waals surface area (Å²) in [6, 6.07) is 1.97. The average Bonchev–Trinajstić information content (AvgIpc) is 3.27. The summed E-state index contributed by atoms with van der Waals surface area (Å²) in [6.45, 7) is 3.50. The van der Waals surface area contributed by atoms with Crippen molar-refractivity contribution in [3.05, 3.63) is 53.3 Å². The molecule has 3 aromatic rings. The summed E-state index contributed by atoms with van der Waals surface area (Å²) in [5.41, 5.74) is 3.44. The van der Waals surface area contributed by atoms with Crippen molar-refractivity contribution < 1.29 is 9.21 Å². The fraction of sp³-hybridized carbons (Fsp3) is 0.222. The van der Waals surface area contributed by atoms with E-state index in [1.54, 1.807) is 12.4 Å². The van der Waals surface area contributed by atoms with Gasteiger partial charge in [0.1, 0.15) is 5.65 Å². The van der Waals surface area contributed by atoms with Crippen LogP contribution in [-0.2, 0) is 4.79 Å². The predicted molar refractivity (Wildman–Crippen MR) is 96.2 cm³/mol. The highest BCUT2D eigenvalue weighted by Gasteiger charge is 2.22. The first-order valence-electron chi connectivity index (χ1n) is 8.30. The number of aromatic nitrogens is 4. The zero-order valence-electron chi connectivity index (χ0n) is 13.9. The van der Waals surface area contributed by atoms with Crippen LogP contribution in [0.1, 0.15) is 24.8 Å². The van der Waals surface area contributed by atoms with Gasteiger partial charge >= 0.3 is 5.76 Å². The van der Waals surface area contributed by atoms with Gasteiger partial charge < -0.3 is 14.7 Å². The van der Waals surface area contributed by atoms with Crippen molar-refractivity contribution in [2.24, 2.45) is 0 Å². The molecule has 8 nitrogen and oxygen atoms in total. The van der Waals surface area contributed by atoms with Gasteiger partial charge in [-0.05, 0) is 42.5 Å². The summed E-state index contributed by atoms with van der Waals surface area (Å²) < 4.78 is 5.11. The van der Waals surface area contributed by atoms with E-state index in [2.05, 4.69) is 38.1 Å². The Morgan fingerprint density at radius 3 is 3.08 bits per heavy atom. The maximum absolute atomic E-state index is 11.6. The van der Waals surface area contributed by atoms with Crippen molar-refractivity contribution >= 4 is 22.5 Å². The second-order valence-electron chi connectivity index (χ2n) is 6.12. The van der Waals surface area contributed by atoms with Gasteiger partial charge in [0.25, 0.3) is 5.89 Å². The maximum Gasteiger partial charge on any atom is 0.434 e. The van der Waals surface area contributed by atoms with Crippen LogP contribution in [0.3, 0.4) is 0 Å². The zero-order chi connectivity index (χ0) is 18.1. The third-order valence-corrected chi connectivity index (χ3v) is 4.49. The number of carbonyl (C=O) groups excluding carboxylic acids is 1. The molecule has 3 aromatic heterocycles. The first-order valence-corrected chi connectivity index (χ1v) is 8.30. The molecule has 0 aliphatic heterocycles. The van der Waals surface area contributed by atoms with Crippen molar-refractivity contribution in [1.82, 2.24) is 25.5 Å². The van der Waals surface area contributed by atoms with Crippen LogP contribution < -0.4 is 11.1 Å². The molecule has 3 N–H and O–H groups in total. The van der Waals surface area contributed by atoms with Crippen molar-refractivity contribution in [2.45, 2.75) is 25.3 Å². The lowest BCUT2D eigenvalue weighted by molar-refractivity contribution is -0.117. The molecule has 0 spiro atoms. The molecule has 132 valence electrons. The minimum Gasteiger partial charge on any atom is -0.388 e. The summed E-state index contributed by atoms with van der Waals surface area (Å²) in [4.78, 5) is 30.4. The first kappa shape index (κ1) is 16.1. The minimum absolute atomic E-state index is 0.0504. The van der Waals surface area contributed by atoms with Crippen LogP contribution in [0, 0.1) is 0 Å². The molecular formula is C18H17N5O3. The summed E-state index contributed by atoms with van der Waals surface area (Å²) >= 11 is 0. The highest BCUT2D eigenvalue weighted by Crippen LogP contribution is 2.35. The summed E-state index contributed by atoms with van der Waals surface area (Å²) in [5, 5.41) is 10.00. The van der Waals surface area contributed by atoms with Gasteiger partial charge in [-0.2, -0.15) is 0 Å². The summed E-state index contributed by atoms with van der Waals surface area (Å²) in [6.07, 6.45) is 9.35. The number of allylic oxidation sites excluding steroid dienone is 1. The molecule has 3 heterocycles. The monoisotopic (exact) mass is 351 g/mol. The number of aromatic amines is 2. The first-order chi connectivity index (χ1) is 12.7. The van der Waals surface area contributed by atoms with E-state index in [4.69, 9.17) is 4.42 Å². The topological polar surface area (TPSA) is 117 Å². The van der Waals surface area contributed by atoms with Crippen molar-refractivity contribution in [3.8, 4) is 11.5 Å². The fourth-order valence-electron chi connectivity index (χ4n) is 3.35. The highest BCUT2D eigenvalue weighted by molar-refractivity contribution is 6.00. The Hall–Kier alpha value is -3.42. The van der Waals surface area contributed by atoms with Crippen molar-refractivity contribution in [2.75, 3.05) is 0 Å². The van der Waals surface area contributed by atoms with Crippen LogP contribution in [0.4, 0.5) is 0 Å². The second kappa shape index (κ2) is 6.47. The Kier molecular flexibility index (Phi) is 4.00. The molecule has 0 radical (unpaired) electrons. The molecule has 1 aliphatic carbocycles. The van der Waals surface area contributed by atoms with Crippen molar-refractivity contribution in [1.29, 1.82) is 0 Å². The van der Waals surface area contributed by atoms with E-state index in [9.17, 15) is 9.59 Å². The highest BCUT2D eigenvalue weighted by atomic mass is 16.4. The van der Waals surface area contributed by atoms with Crippen molar-refractivity contribution in [3.63, 3.8) is 0 Å². The molecule has 0 saturated carbocycles. The Bertz CT molecular complexity index is 1070. The van der Waals surface area contributed by atoms with Crippen LogP contribution in [0.2, 0.25) is 0 Å². The molecule has 1 atom stereocenters. The van der Waals surface area contributed by atoms with Crippen LogP contribution in [0.5, 0.6) is 0 Å². The molecular weight excluding hydrogens is 334 g/mol. The van der Waals surface area contributed by atoms with Gasteiger partial charge in [0.05, 0.1) is 5.56 Å². The molecule has 0 fully saturated rings. The Morgan fingerprint density at radius 2 is 2.31 bits per heavy atom. The SMILES string of the molecule is C=CC(=O)NC1CCC=C(c2ccnc3[nH]cc(-c4n[nH]c(=O)o4)c23)C1. The molecule has 8 heteroatoms. The van der Waals surface area contributed by atoms with Crippen LogP contribution in [0.15, 0.2) is 46.4 Å². The number of rotatable bonds is 4. The van der Waals surface area contributed by atoms with E-state index in [1.165, 1.54) is 6.08 Å². The van der Waals surface area contributed by atoms with Gasteiger partial charge in [0, 0.05) is 23.8 Å². The van der Waals surface area contributed by atoms with Crippen LogP contribution >= 0.6 is 0 Å². The standard InChI is InChI=1S/C18H17N5O3/c1-2-14(24)21-11-5-3-4-10(8-11)12-6-7-19-16-15(12)13(9-20-16)17-22-23-18(25)26-17/h2,4,6-7,9,11H,1,3,5,8H2,(H,19,20)(H,21,24)(H,23,25). The van der Waals surface area contributed by atoms with Gasteiger partial charge in [-0.25, -0.2) is 14.9 Å². The number of fused-ring (bicyclic) bond motifs is 1. The molecule has 26 heavy (non-hydrogen) atoms. The average molecular weight is 351 g/mol. The van der Waals surface area contributed by atoms with Gasteiger partial charge in [0.15, 0.2) is 0 Å². The van der Waals surface area contributed by atoms with E-state index in [0.717, 1.165) is 29.4 Å². The Balaban J connectivity index is 1.76. The molecule has 0 bridgehead atoms. The Morgan fingerprint density at radius 1 is 1.42 bits per heavy atom. The third-order valence-electron chi connectivity index (χ3n) is 4.49. The molecule has 0 saturated heterocycles. The lowest BCUT2D eigenvalue weighted by Gasteiger charge is -2.24. The quantitative estimate of drug-likeness (QED) is 0.623. The van der Waals surface area contributed by atoms with Gasteiger partial charge in [-0.15, -0.1) is 5.10 Å². The number of pyridine rings is 1. The van der Waals surface area contributed by atoms with E-state index >= 15 is 0 Å². The van der Waals surface area contributed by atoms with Gasteiger partial charge in [-0.1, -0.05) is 12.7 Å². The second-order valence-corrected chi connectivity index (χ2v) is 6.12. The smallest absolute Gasteiger partial charge is 0.388 e. The molecule has 1 amide bonds. The zero-order valence-corrected chi connectivity index (χ0v) is 13.9. The fourth-order valence-corrected chi connectivity index (χ4v) is 3.35. The van der Waals surface area contributed by atoms with Crippen LogP contribution in [-0.4, -0.2) is 32.1 Å². The number of hydrogen-bond donors (Lipinski definition) is 3. The van der Waals surface area contributed by atoms with Gasteiger partial charge in [0.2, 0.25) is 5.91 Å². The summed E-state index contributed by atoms with van der Waals surface area (Å²) in [7, 11) is 0. The van der Waals surface area contributed by atoms with Gasteiger partial charge in [-0.3, -0.25) is 4.79 Å². The van der Waals surface area contributed by atoms with E-state index < -0.39 is 5.76 Å². The lowest BCUT2D eigenvalue weighted by Crippen LogP contribution is -2.34. The molecule has 1 unspecified atom stereocenters. The van der Waals surface area contributed by atoms with E-state index in [1.807, 2.05) is 6.07 Å². The summed E-state index contributed by atoms with van der Waals surface area (Å²) in [5.74, 6) is -0.566.